The minimum Gasteiger partial charge on any atom is -0.245 e. The van der Waals surface area contributed by atoms with Crippen molar-refractivity contribution in [1.82, 2.24) is 0 Å². The first-order chi connectivity index (χ1) is 6.23. The molecule has 1 aromatic rings. The molecule has 2 nitrogen and oxygen atoms in total. The van der Waals surface area contributed by atoms with Crippen LogP contribution in [0.3, 0.4) is 0 Å². The van der Waals surface area contributed by atoms with Gasteiger partial charge in [0.05, 0.1) is 9.73 Å². The van der Waals surface area contributed by atoms with Gasteiger partial charge in [-0.1, -0.05) is 18.2 Å². The fourth-order valence-corrected chi connectivity index (χ4v) is 3.04. The fraction of sp³-hybridized carbons (Fsp3) is 0.333. The van der Waals surface area contributed by atoms with Gasteiger partial charge in [-0.25, -0.2) is 8.57 Å². The Kier molecular flexibility index (Phi) is 1.61. The monoisotopic (exact) mass is 182 g/mol. The Morgan fingerprint density at radius 3 is 2.75 bits per heavy atom. The van der Waals surface area contributed by atoms with Crippen LogP contribution in [-0.4, -0.2) is 16.5 Å². The molecule has 3 heteroatoms. The van der Waals surface area contributed by atoms with Gasteiger partial charge in [-0.2, -0.15) is 0 Å². The maximum absolute atomic E-state index is 12.2. The van der Waals surface area contributed by atoms with E-state index in [1.54, 1.807) is 12.1 Å². The first-order valence-electron chi connectivity index (χ1n) is 4.50. The second-order valence-electron chi connectivity index (χ2n) is 2.69. The maximum Gasteiger partial charge on any atom is 0.0752 e. The van der Waals surface area contributed by atoms with Gasteiger partial charge in [0, 0.05) is 18.5 Å². The van der Waals surface area contributed by atoms with Gasteiger partial charge in [0.1, 0.15) is 0 Å². The van der Waals surface area contributed by atoms with Crippen LogP contribution in [0.15, 0.2) is 39.6 Å². The summed E-state index contributed by atoms with van der Waals surface area (Å²) in [5.41, 5.74) is -0.546. The normalized spacial score (nSPS) is 35.7. The molecule has 0 fully saturated rings. The van der Waals surface area contributed by atoms with E-state index in [0.717, 1.165) is 0 Å². The van der Waals surface area contributed by atoms with Crippen molar-refractivity contribution in [3.63, 3.8) is 0 Å². The molecule has 12 heavy (non-hydrogen) atoms. The zero-order valence-corrected chi connectivity index (χ0v) is 7.46. The van der Waals surface area contributed by atoms with Crippen LogP contribution in [0.4, 0.5) is 0 Å². The van der Waals surface area contributed by atoms with E-state index in [1.165, 1.54) is 0 Å². The Morgan fingerprint density at radius 2 is 2.17 bits per heavy atom. The third-order valence-electron chi connectivity index (χ3n) is 1.84. The lowest BCUT2D eigenvalue weighted by Gasteiger charge is -2.01. The third-order valence-corrected chi connectivity index (χ3v) is 4.04. The number of nitrogens with zero attached hydrogens (tertiary/aromatic N) is 1. The Balaban J connectivity index is 2.53. The molecule has 0 N–H and O–H groups in total. The van der Waals surface area contributed by atoms with Crippen LogP contribution < -0.4 is 0 Å². The van der Waals surface area contributed by atoms with Gasteiger partial charge in [-0.15, -0.1) is 0 Å². The SMILES string of the molecule is [2H][C@@H]1CCN=[S@@]1(=O)c1ccccc1. The maximum atomic E-state index is 12.2. The highest BCUT2D eigenvalue weighted by Crippen LogP contribution is 2.18. The molecule has 2 rings (SSSR count). The standard InChI is InChI=1S/C9H11NOS/c11-12(8-4-7-10-12)9-5-2-1-3-6-9/h1-3,5-6H,4,7-8H2/t12-/m0/s1/i8D/t8-,12+/m1. The van der Waals surface area contributed by atoms with Gasteiger partial charge in [0.15, 0.2) is 0 Å². The second kappa shape index (κ2) is 2.90. The summed E-state index contributed by atoms with van der Waals surface area (Å²) in [5, 5.41) is 0. The molecule has 1 heterocycles. The first kappa shape index (κ1) is 6.66. The van der Waals surface area contributed by atoms with E-state index in [1.807, 2.05) is 18.2 Å². The van der Waals surface area contributed by atoms with Gasteiger partial charge < -0.3 is 0 Å². The smallest absolute Gasteiger partial charge is 0.0752 e. The topological polar surface area (TPSA) is 29.4 Å². The minimum absolute atomic E-state index is 0.546. The fourth-order valence-electron chi connectivity index (χ4n) is 1.24. The number of hydrogen-bond donors (Lipinski definition) is 0. The van der Waals surface area contributed by atoms with Crippen molar-refractivity contribution >= 4 is 9.73 Å². The van der Waals surface area contributed by atoms with Gasteiger partial charge >= 0.3 is 0 Å². The molecule has 0 spiro atoms. The van der Waals surface area contributed by atoms with Gasteiger partial charge in [0.2, 0.25) is 0 Å². The van der Waals surface area contributed by atoms with E-state index in [-0.39, 0.29) is 0 Å². The highest BCUT2D eigenvalue weighted by Gasteiger charge is 2.15. The summed E-state index contributed by atoms with van der Waals surface area (Å²) in [7, 11) is -2.42. The molecular formula is C9H11NOS. The van der Waals surface area contributed by atoms with Crippen LogP contribution in [0, 0.1) is 0 Å². The van der Waals surface area contributed by atoms with Crippen LogP contribution in [0.1, 0.15) is 7.79 Å². The molecule has 0 saturated heterocycles. The van der Waals surface area contributed by atoms with Crippen molar-refractivity contribution in [2.75, 3.05) is 12.3 Å². The van der Waals surface area contributed by atoms with E-state index in [4.69, 9.17) is 1.37 Å². The number of hydrogen-bond acceptors (Lipinski definition) is 2. The summed E-state index contributed by atoms with van der Waals surface area (Å²) in [6.45, 7) is 0.557. The molecule has 1 aromatic carbocycles. The molecular weight excluding hydrogens is 170 g/mol. The average molecular weight is 182 g/mol. The van der Waals surface area contributed by atoms with Gasteiger partial charge in [0.25, 0.3) is 0 Å². The molecule has 1 aliphatic rings. The predicted octanol–water partition coefficient (Wildman–Crippen LogP) is 1.92. The zero-order chi connectivity index (χ0) is 9.31. The Hall–Kier alpha value is -0.830. The largest absolute Gasteiger partial charge is 0.245 e. The minimum atomic E-state index is -2.42. The van der Waals surface area contributed by atoms with E-state index in [0.29, 0.717) is 17.9 Å². The summed E-state index contributed by atoms with van der Waals surface area (Å²) in [6, 6.07) is 9.13. The molecule has 0 saturated carbocycles. The van der Waals surface area contributed by atoms with E-state index in [9.17, 15) is 4.21 Å². The van der Waals surface area contributed by atoms with Crippen LogP contribution in [0.5, 0.6) is 0 Å². The quantitative estimate of drug-likeness (QED) is 0.652. The summed E-state index contributed by atoms with van der Waals surface area (Å²) in [6.07, 6.45) is 0.619. The Morgan fingerprint density at radius 1 is 1.42 bits per heavy atom. The van der Waals surface area contributed by atoms with E-state index < -0.39 is 15.5 Å². The van der Waals surface area contributed by atoms with Crippen LogP contribution >= 0.6 is 0 Å². The first-order valence-corrected chi connectivity index (χ1v) is 5.50. The third kappa shape index (κ3) is 1.25. The highest BCUT2D eigenvalue weighted by molar-refractivity contribution is 7.93. The molecule has 0 bridgehead atoms. The summed E-state index contributed by atoms with van der Waals surface area (Å²) in [4.78, 5) is 0.701. The molecule has 0 unspecified atom stereocenters. The van der Waals surface area contributed by atoms with Crippen LogP contribution in [0.2, 0.25) is 0 Å². The van der Waals surface area contributed by atoms with Crippen molar-refractivity contribution in [2.24, 2.45) is 4.36 Å². The molecule has 1 aliphatic heterocycles. The van der Waals surface area contributed by atoms with Crippen molar-refractivity contribution in [1.29, 1.82) is 0 Å². The molecule has 0 aromatic heterocycles. The molecule has 0 amide bonds. The lowest BCUT2D eigenvalue weighted by Crippen LogP contribution is -2.00. The second-order valence-corrected chi connectivity index (χ2v) is 4.89. The summed E-state index contributed by atoms with van der Waals surface area (Å²) >= 11 is 0. The number of rotatable bonds is 1. The van der Waals surface area contributed by atoms with Crippen molar-refractivity contribution < 1.29 is 5.58 Å². The summed E-state index contributed by atoms with van der Waals surface area (Å²) < 4.78 is 23.9. The zero-order valence-electron chi connectivity index (χ0n) is 7.64. The molecule has 0 aliphatic carbocycles. The van der Waals surface area contributed by atoms with Crippen LogP contribution in [0.25, 0.3) is 0 Å². The Labute approximate surface area is 74.2 Å². The predicted molar refractivity (Wildman–Crippen MR) is 49.6 cm³/mol. The van der Waals surface area contributed by atoms with Crippen molar-refractivity contribution in [2.45, 2.75) is 11.3 Å². The molecule has 64 valence electrons. The Bertz CT molecular complexity index is 409. The van der Waals surface area contributed by atoms with E-state index in [2.05, 4.69) is 4.36 Å². The lowest BCUT2D eigenvalue weighted by molar-refractivity contribution is 0.679. The number of benzene rings is 1. The summed E-state index contributed by atoms with van der Waals surface area (Å²) in [5.74, 6) is 0. The van der Waals surface area contributed by atoms with Crippen LogP contribution in [-0.2, 0) is 9.73 Å². The van der Waals surface area contributed by atoms with Crippen molar-refractivity contribution in [3.8, 4) is 0 Å². The van der Waals surface area contributed by atoms with E-state index >= 15 is 0 Å². The van der Waals surface area contributed by atoms with Crippen molar-refractivity contribution in [3.05, 3.63) is 30.3 Å². The lowest BCUT2D eigenvalue weighted by atomic mass is 10.4. The molecule has 2 atom stereocenters. The highest BCUT2D eigenvalue weighted by atomic mass is 32.2. The average Bonchev–Trinajstić information content (AvgIpc) is 2.50. The van der Waals surface area contributed by atoms with Gasteiger partial charge in [-0.3, -0.25) is 0 Å². The van der Waals surface area contributed by atoms with Gasteiger partial charge in [-0.05, 0) is 18.6 Å². The molecule has 0 radical (unpaired) electrons.